The first kappa shape index (κ1) is 19.9. The summed E-state index contributed by atoms with van der Waals surface area (Å²) in [6, 6.07) is 10.4. The van der Waals surface area contributed by atoms with Gasteiger partial charge < -0.3 is 14.8 Å². The molecular formula is C18H18BrCl2NO3. The highest BCUT2D eigenvalue weighted by molar-refractivity contribution is 9.10. The monoisotopic (exact) mass is 445 g/mol. The minimum absolute atomic E-state index is 0.110. The maximum absolute atomic E-state index is 12.1. The first-order valence-electron chi connectivity index (χ1n) is 7.73. The molecule has 0 aliphatic rings. The van der Waals surface area contributed by atoms with Gasteiger partial charge in [-0.3, -0.25) is 4.79 Å². The summed E-state index contributed by atoms with van der Waals surface area (Å²) in [7, 11) is 0. The smallest absolute Gasteiger partial charge is 0.262 e. The number of rotatable bonds is 7. The Labute approximate surface area is 165 Å². The van der Waals surface area contributed by atoms with Crippen LogP contribution in [0.2, 0.25) is 10.0 Å². The van der Waals surface area contributed by atoms with Crippen molar-refractivity contribution in [1.29, 1.82) is 0 Å². The fraction of sp³-hybridized carbons (Fsp3) is 0.278. The number of hydrogen-bond donors (Lipinski definition) is 1. The highest BCUT2D eigenvalue weighted by Gasteiger charge is 2.12. The Hall–Kier alpha value is -1.43. The Morgan fingerprint density at radius 2 is 2.04 bits per heavy atom. The van der Waals surface area contributed by atoms with E-state index in [0.717, 1.165) is 6.42 Å². The Kier molecular flexibility index (Phi) is 7.41. The second kappa shape index (κ2) is 9.32. The Bertz CT molecular complexity index is 732. The van der Waals surface area contributed by atoms with Gasteiger partial charge in [-0.25, -0.2) is 0 Å². The lowest BCUT2D eigenvalue weighted by Crippen LogP contribution is -2.20. The van der Waals surface area contributed by atoms with Gasteiger partial charge in [0.2, 0.25) is 0 Å². The van der Waals surface area contributed by atoms with Crippen molar-refractivity contribution >= 4 is 50.7 Å². The fourth-order valence-electron chi connectivity index (χ4n) is 1.96. The van der Waals surface area contributed by atoms with E-state index < -0.39 is 0 Å². The van der Waals surface area contributed by atoms with Crippen molar-refractivity contribution < 1.29 is 14.3 Å². The number of halogens is 3. The number of anilines is 1. The molecule has 4 nitrogen and oxygen atoms in total. The number of benzene rings is 2. The molecule has 0 aliphatic carbocycles. The van der Waals surface area contributed by atoms with Crippen LogP contribution in [0.3, 0.4) is 0 Å². The Morgan fingerprint density at radius 1 is 1.28 bits per heavy atom. The normalized spacial score (nSPS) is 11.7. The van der Waals surface area contributed by atoms with E-state index >= 15 is 0 Å². The predicted molar refractivity (Wildman–Crippen MR) is 105 cm³/mol. The molecular weight excluding hydrogens is 429 g/mol. The van der Waals surface area contributed by atoms with Crippen molar-refractivity contribution in [2.75, 3.05) is 11.9 Å². The molecule has 0 saturated heterocycles. The summed E-state index contributed by atoms with van der Waals surface area (Å²) in [5.41, 5.74) is 0.635. The minimum atomic E-state index is -0.307. The van der Waals surface area contributed by atoms with Crippen LogP contribution in [0.4, 0.5) is 5.69 Å². The third kappa shape index (κ3) is 6.10. The average Bonchev–Trinajstić information content (AvgIpc) is 2.54. The number of nitrogens with one attached hydrogen (secondary N) is 1. The molecule has 134 valence electrons. The van der Waals surface area contributed by atoms with Crippen LogP contribution in [-0.2, 0) is 4.79 Å². The largest absolute Gasteiger partial charge is 0.491 e. The van der Waals surface area contributed by atoms with Crippen LogP contribution in [0.1, 0.15) is 20.3 Å². The molecule has 7 heteroatoms. The van der Waals surface area contributed by atoms with Gasteiger partial charge in [-0.1, -0.05) is 36.2 Å². The summed E-state index contributed by atoms with van der Waals surface area (Å²) < 4.78 is 11.8. The molecule has 2 rings (SSSR count). The molecule has 2 aromatic rings. The van der Waals surface area contributed by atoms with E-state index in [2.05, 4.69) is 21.2 Å². The second-order valence-corrected chi connectivity index (χ2v) is 7.10. The molecule has 0 spiro atoms. The lowest BCUT2D eigenvalue weighted by molar-refractivity contribution is -0.118. The number of carbonyl (C=O) groups is 1. The van der Waals surface area contributed by atoms with E-state index in [9.17, 15) is 4.79 Å². The second-order valence-electron chi connectivity index (χ2n) is 5.40. The van der Waals surface area contributed by atoms with Crippen molar-refractivity contribution in [2.45, 2.75) is 26.4 Å². The minimum Gasteiger partial charge on any atom is -0.491 e. The van der Waals surface area contributed by atoms with Gasteiger partial charge in [-0.15, -0.1) is 0 Å². The van der Waals surface area contributed by atoms with E-state index in [4.69, 9.17) is 32.7 Å². The van der Waals surface area contributed by atoms with E-state index in [0.29, 0.717) is 31.7 Å². The molecule has 1 amide bonds. The van der Waals surface area contributed by atoms with Gasteiger partial charge in [0.15, 0.2) is 12.4 Å². The van der Waals surface area contributed by atoms with Gasteiger partial charge in [0, 0.05) is 16.8 Å². The molecule has 0 radical (unpaired) electrons. The molecule has 0 heterocycles. The summed E-state index contributed by atoms with van der Waals surface area (Å²) in [6.45, 7) is 3.86. The highest BCUT2D eigenvalue weighted by Crippen LogP contribution is 2.36. The van der Waals surface area contributed by atoms with Gasteiger partial charge in [-0.05, 0) is 53.5 Å². The molecule has 25 heavy (non-hydrogen) atoms. The molecule has 1 N–H and O–H groups in total. The third-order valence-corrected chi connectivity index (χ3v) is 4.43. The topological polar surface area (TPSA) is 47.6 Å². The fourth-order valence-corrected chi connectivity index (χ4v) is 3.33. The first-order valence-corrected chi connectivity index (χ1v) is 9.27. The zero-order valence-corrected chi connectivity index (χ0v) is 16.9. The van der Waals surface area contributed by atoms with Crippen molar-refractivity contribution in [3.05, 3.63) is 50.9 Å². The molecule has 2 aromatic carbocycles. The molecule has 0 saturated carbocycles. The quantitative estimate of drug-likeness (QED) is 0.571. The van der Waals surface area contributed by atoms with E-state index in [1.165, 1.54) is 0 Å². The predicted octanol–water partition coefficient (Wildman–Crippen LogP) is 5.95. The molecule has 1 atom stereocenters. The van der Waals surface area contributed by atoms with Gasteiger partial charge in [0.1, 0.15) is 5.75 Å². The van der Waals surface area contributed by atoms with Crippen LogP contribution < -0.4 is 14.8 Å². The van der Waals surface area contributed by atoms with Crippen LogP contribution in [-0.4, -0.2) is 18.6 Å². The standard InChI is InChI=1S/C18H18BrCl2NO3/c1-3-11(2)25-14-6-4-5-13(9-14)22-17(23)10-24-18-15(19)7-12(20)8-16(18)21/h4-9,11H,3,10H2,1-2H3,(H,22,23). The van der Waals surface area contributed by atoms with Gasteiger partial charge in [-0.2, -0.15) is 0 Å². The lowest BCUT2D eigenvalue weighted by Gasteiger charge is -2.14. The molecule has 0 aliphatic heterocycles. The summed E-state index contributed by atoms with van der Waals surface area (Å²) in [6.07, 6.45) is 1.01. The lowest BCUT2D eigenvalue weighted by atomic mass is 10.2. The zero-order chi connectivity index (χ0) is 18.4. The van der Waals surface area contributed by atoms with Crippen LogP contribution in [0.15, 0.2) is 40.9 Å². The molecule has 0 bridgehead atoms. The first-order chi connectivity index (χ1) is 11.9. The van der Waals surface area contributed by atoms with Gasteiger partial charge in [0.05, 0.1) is 15.6 Å². The average molecular weight is 447 g/mol. The number of hydrogen-bond acceptors (Lipinski definition) is 3. The Balaban J connectivity index is 1.96. The van der Waals surface area contributed by atoms with E-state index in [-0.39, 0.29) is 18.6 Å². The van der Waals surface area contributed by atoms with E-state index in [1.54, 1.807) is 24.3 Å². The summed E-state index contributed by atoms with van der Waals surface area (Å²) in [4.78, 5) is 12.1. The molecule has 1 unspecified atom stereocenters. The van der Waals surface area contributed by atoms with Crippen molar-refractivity contribution in [2.24, 2.45) is 0 Å². The van der Waals surface area contributed by atoms with Crippen molar-refractivity contribution in [3.8, 4) is 11.5 Å². The maximum Gasteiger partial charge on any atom is 0.262 e. The summed E-state index contributed by atoms with van der Waals surface area (Å²) in [5.74, 6) is 0.769. The van der Waals surface area contributed by atoms with Gasteiger partial charge >= 0.3 is 0 Å². The number of carbonyl (C=O) groups excluding carboxylic acids is 1. The highest BCUT2D eigenvalue weighted by atomic mass is 79.9. The summed E-state index contributed by atoms with van der Waals surface area (Å²) >= 11 is 15.3. The van der Waals surface area contributed by atoms with Gasteiger partial charge in [0.25, 0.3) is 5.91 Å². The maximum atomic E-state index is 12.1. The zero-order valence-electron chi connectivity index (χ0n) is 13.8. The number of ether oxygens (including phenoxy) is 2. The SMILES string of the molecule is CCC(C)Oc1cccc(NC(=O)COc2c(Cl)cc(Cl)cc2Br)c1. The third-order valence-electron chi connectivity index (χ3n) is 3.34. The van der Waals surface area contributed by atoms with Crippen LogP contribution in [0.25, 0.3) is 0 Å². The van der Waals surface area contributed by atoms with Crippen molar-refractivity contribution in [1.82, 2.24) is 0 Å². The number of amides is 1. The van der Waals surface area contributed by atoms with Crippen LogP contribution >= 0.6 is 39.1 Å². The van der Waals surface area contributed by atoms with E-state index in [1.807, 2.05) is 26.0 Å². The van der Waals surface area contributed by atoms with Crippen LogP contribution in [0, 0.1) is 0 Å². The molecule has 0 fully saturated rings. The molecule has 0 aromatic heterocycles. The Morgan fingerprint density at radius 3 is 2.72 bits per heavy atom. The van der Waals surface area contributed by atoms with Crippen molar-refractivity contribution in [3.63, 3.8) is 0 Å². The summed E-state index contributed by atoms with van der Waals surface area (Å²) in [5, 5.41) is 3.57. The van der Waals surface area contributed by atoms with Crippen LogP contribution in [0.5, 0.6) is 11.5 Å².